The van der Waals surface area contributed by atoms with E-state index in [1.54, 1.807) is 19.1 Å². The summed E-state index contributed by atoms with van der Waals surface area (Å²) in [5.41, 5.74) is -0.320. The van der Waals surface area contributed by atoms with E-state index in [1.807, 2.05) is 0 Å². The fourth-order valence-corrected chi connectivity index (χ4v) is 1.81. The average Bonchev–Trinajstić information content (AvgIpc) is 2.46. The molecular formula is C15H15FN2O3. The Hall–Kier alpha value is -2.63. The van der Waals surface area contributed by atoms with Crippen LogP contribution in [0, 0.1) is 5.82 Å². The van der Waals surface area contributed by atoms with Crippen LogP contribution in [0.1, 0.15) is 6.92 Å². The monoisotopic (exact) mass is 290 g/mol. The fourth-order valence-electron chi connectivity index (χ4n) is 1.81. The van der Waals surface area contributed by atoms with Gasteiger partial charge in [-0.2, -0.15) is 0 Å². The van der Waals surface area contributed by atoms with Gasteiger partial charge in [0.2, 0.25) is 5.91 Å². The van der Waals surface area contributed by atoms with Crippen LogP contribution in [0.4, 0.5) is 10.1 Å². The van der Waals surface area contributed by atoms with Gasteiger partial charge in [-0.25, -0.2) is 4.39 Å². The van der Waals surface area contributed by atoms with Crippen LogP contribution in [0.2, 0.25) is 0 Å². The number of carbonyl (C=O) groups excluding carboxylic acids is 1. The zero-order valence-electron chi connectivity index (χ0n) is 11.5. The summed E-state index contributed by atoms with van der Waals surface area (Å²) in [7, 11) is 0. The maximum absolute atomic E-state index is 13.4. The Balaban J connectivity index is 2.12. The van der Waals surface area contributed by atoms with Crippen molar-refractivity contribution >= 4 is 11.6 Å². The average molecular weight is 290 g/mol. The summed E-state index contributed by atoms with van der Waals surface area (Å²) in [5.74, 6) is -0.837. The lowest BCUT2D eigenvalue weighted by atomic mass is 10.3. The number of aromatic nitrogens is 1. The Morgan fingerprint density at radius 3 is 2.76 bits per heavy atom. The molecule has 0 atom stereocenters. The molecule has 0 spiro atoms. The third kappa shape index (κ3) is 3.68. The fraction of sp³-hybridized carbons (Fsp3) is 0.200. The maximum Gasteiger partial charge on any atom is 0.293 e. The molecule has 0 radical (unpaired) electrons. The van der Waals surface area contributed by atoms with Gasteiger partial charge in [-0.05, 0) is 31.2 Å². The van der Waals surface area contributed by atoms with E-state index in [4.69, 9.17) is 4.74 Å². The standard InChI is InChI=1S/C15H15FN2O3/c1-2-21-13-8-5-9-18(15(13)20)10-14(19)17-12-7-4-3-6-11(12)16/h3-9H,2,10H2,1H3,(H,17,19). The van der Waals surface area contributed by atoms with E-state index in [1.165, 1.54) is 35.0 Å². The van der Waals surface area contributed by atoms with Crippen LogP contribution in [0.3, 0.4) is 0 Å². The molecule has 0 saturated heterocycles. The van der Waals surface area contributed by atoms with E-state index < -0.39 is 17.3 Å². The van der Waals surface area contributed by atoms with Gasteiger partial charge >= 0.3 is 0 Å². The van der Waals surface area contributed by atoms with Gasteiger partial charge in [0.05, 0.1) is 12.3 Å². The van der Waals surface area contributed by atoms with Crippen LogP contribution in [0.25, 0.3) is 0 Å². The van der Waals surface area contributed by atoms with E-state index in [2.05, 4.69) is 5.32 Å². The molecule has 0 bridgehead atoms. The predicted molar refractivity (Wildman–Crippen MR) is 76.9 cm³/mol. The third-order valence-corrected chi connectivity index (χ3v) is 2.75. The van der Waals surface area contributed by atoms with Crippen molar-refractivity contribution in [1.82, 2.24) is 4.57 Å². The summed E-state index contributed by atoms with van der Waals surface area (Å²) in [4.78, 5) is 23.9. The first-order valence-electron chi connectivity index (χ1n) is 6.48. The molecule has 0 aliphatic carbocycles. The zero-order valence-corrected chi connectivity index (χ0v) is 11.5. The molecule has 0 aliphatic rings. The molecule has 0 aliphatic heterocycles. The second kappa shape index (κ2) is 6.69. The highest BCUT2D eigenvalue weighted by atomic mass is 19.1. The van der Waals surface area contributed by atoms with E-state index in [9.17, 15) is 14.0 Å². The normalized spacial score (nSPS) is 10.2. The Kier molecular flexibility index (Phi) is 4.71. The Morgan fingerprint density at radius 2 is 2.05 bits per heavy atom. The number of nitrogens with one attached hydrogen (secondary N) is 1. The highest BCUT2D eigenvalue weighted by Gasteiger charge is 2.10. The molecule has 5 nitrogen and oxygen atoms in total. The Labute approximate surface area is 121 Å². The number of ether oxygens (including phenoxy) is 1. The maximum atomic E-state index is 13.4. The molecule has 0 saturated carbocycles. The largest absolute Gasteiger partial charge is 0.488 e. The highest BCUT2D eigenvalue weighted by Crippen LogP contribution is 2.12. The minimum atomic E-state index is -0.527. The van der Waals surface area contributed by atoms with Crippen molar-refractivity contribution in [2.45, 2.75) is 13.5 Å². The second-order valence-corrected chi connectivity index (χ2v) is 4.27. The first-order valence-corrected chi connectivity index (χ1v) is 6.48. The molecule has 2 rings (SSSR count). The van der Waals surface area contributed by atoms with Crippen LogP contribution in [0.15, 0.2) is 47.4 Å². The molecule has 1 amide bonds. The van der Waals surface area contributed by atoms with E-state index in [0.717, 1.165) is 0 Å². The van der Waals surface area contributed by atoms with Crippen molar-refractivity contribution in [2.24, 2.45) is 0 Å². The molecule has 21 heavy (non-hydrogen) atoms. The van der Waals surface area contributed by atoms with Gasteiger partial charge in [0.25, 0.3) is 5.56 Å². The summed E-state index contributed by atoms with van der Waals surface area (Å²) in [6, 6.07) is 8.99. The number of rotatable bonds is 5. The zero-order chi connectivity index (χ0) is 15.2. The first kappa shape index (κ1) is 14.8. The van der Waals surface area contributed by atoms with Crippen LogP contribution in [0.5, 0.6) is 5.75 Å². The van der Waals surface area contributed by atoms with Gasteiger partial charge in [0, 0.05) is 6.20 Å². The number of hydrogen-bond donors (Lipinski definition) is 1. The molecule has 0 unspecified atom stereocenters. The van der Waals surface area contributed by atoms with Crippen LogP contribution in [-0.4, -0.2) is 17.1 Å². The van der Waals surface area contributed by atoms with E-state index in [-0.39, 0.29) is 18.0 Å². The van der Waals surface area contributed by atoms with Crippen molar-refractivity contribution in [3.8, 4) is 5.75 Å². The van der Waals surface area contributed by atoms with Gasteiger partial charge in [-0.3, -0.25) is 9.59 Å². The third-order valence-electron chi connectivity index (χ3n) is 2.75. The van der Waals surface area contributed by atoms with Crippen LogP contribution >= 0.6 is 0 Å². The number of halogens is 1. The number of pyridine rings is 1. The summed E-state index contributed by atoms with van der Waals surface area (Å²) < 4.78 is 19.8. The van der Waals surface area contributed by atoms with Gasteiger partial charge in [-0.15, -0.1) is 0 Å². The molecule has 0 fully saturated rings. The Bertz CT molecular complexity index is 697. The van der Waals surface area contributed by atoms with Gasteiger partial charge in [0.1, 0.15) is 12.4 Å². The second-order valence-electron chi connectivity index (χ2n) is 4.27. The van der Waals surface area contributed by atoms with Crippen LogP contribution < -0.4 is 15.6 Å². The van der Waals surface area contributed by atoms with Crippen LogP contribution in [-0.2, 0) is 11.3 Å². The SMILES string of the molecule is CCOc1cccn(CC(=O)Nc2ccccc2F)c1=O. The van der Waals surface area contributed by atoms with Gasteiger partial charge in [0.15, 0.2) is 5.75 Å². The van der Waals surface area contributed by atoms with Crippen molar-refractivity contribution in [1.29, 1.82) is 0 Å². The number of hydrogen-bond acceptors (Lipinski definition) is 3. The Morgan fingerprint density at radius 1 is 1.29 bits per heavy atom. The molecular weight excluding hydrogens is 275 g/mol. The predicted octanol–water partition coefficient (Wildman–Crippen LogP) is 2.02. The molecule has 1 heterocycles. The number of benzene rings is 1. The number of carbonyl (C=O) groups is 1. The lowest BCUT2D eigenvalue weighted by Crippen LogP contribution is -2.28. The van der Waals surface area contributed by atoms with Crippen molar-refractivity contribution < 1.29 is 13.9 Å². The number of amides is 1. The van der Waals surface area contributed by atoms with Crippen molar-refractivity contribution in [2.75, 3.05) is 11.9 Å². The topological polar surface area (TPSA) is 60.3 Å². The molecule has 2 aromatic rings. The summed E-state index contributed by atoms with van der Waals surface area (Å²) in [5, 5.41) is 2.42. The molecule has 1 aromatic heterocycles. The smallest absolute Gasteiger partial charge is 0.293 e. The minimum Gasteiger partial charge on any atom is -0.488 e. The minimum absolute atomic E-state index is 0.0801. The summed E-state index contributed by atoms with van der Waals surface area (Å²) in [6.45, 7) is 1.91. The van der Waals surface area contributed by atoms with E-state index in [0.29, 0.717) is 6.61 Å². The number of nitrogens with zero attached hydrogens (tertiary/aromatic N) is 1. The van der Waals surface area contributed by atoms with Gasteiger partial charge < -0.3 is 14.6 Å². The highest BCUT2D eigenvalue weighted by molar-refractivity contribution is 5.90. The quantitative estimate of drug-likeness (QED) is 0.916. The van der Waals surface area contributed by atoms with Crippen molar-refractivity contribution in [3.63, 3.8) is 0 Å². The summed E-state index contributed by atoms with van der Waals surface area (Å²) >= 11 is 0. The number of para-hydroxylation sites is 1. The number of anilines is 1. The summed E-state index contributed by atoms with van der Waals surface area (Å²) in [6.07, 6.45) is 1.48. The lowest BCUT2D eigenvalue weighted by molar-refractivity contribution is -0.116. The molecule has 1 aromatic carbocycles. The molecule has 6 heteroatoms. The van der Waals surface area contributed by atoms with Crippen molar-refractivity contribution in [3.05, 3.63) is 58.8 Å². The molecule has 1 N–H and O–H groups in total. The lowest BCUT2D eigenvalue weighted by Gasteiger charge is -2.09. The van der Waals surface area contributed by atoms with Gasteiger partial charge in [-0.1, -0.05) is 12.1 Å². The first-order chi connectivity index (χ1) is 10.1. The van der Waals surface area contributed by atoms with E-state index >= 15 is 0 Å². The molecule has 110 valence electrons.